The highest BCUT2D eigenvalue weighted by molar-refractivity contribution is 6.31. The SMILES string of the molecule is C#Cc1ccc(C2=N[C@@H](CC(=O)C(C)(C)C)c3onc(C)c3-c3ccccc32)cc1.COc1ccc(C2=N[C@@H](CC(=O)C(C)(C)C)c3onc(C)c3-c3ccccc32)cc1.Cc1ccc(C2=N[C@@H](CC(=O)C(C)(C)C)c3onc(C)c3-c3ccccc32)cc1.Cc1cccc2c1C(c1ccc(Cl)cc1)=N[C@@H](CC(=O)C(C)(C)C)c1onc(C)c1-2.[C-]#[N+]c1ccc(C2=N[C@@H](CC(=O)C(C)(C)C)c3onc(C)c3-c3ccccc32)cc1. The minimum Gasteiger partial charge on any atom is -0.497 e. The van der Waals surface area contributed by atoms with Gasteiger partial charge < -0.3 is 27.4 Å². The van der Waals surface area contributed by atoms with Crippen molar-refractivity contribution < 1.29 is 51.3 Å². The molecule has 0 saturated heterocycles. The first kappa shape index (κ1) is 106. The van der Waals surface area contributed by atoms with Crippen LogP contribution in [0, 0.1) is 94.5 Å². The third-order valence-corrected chi connectivity index (χ3v) is 27.7. The van der Waals surface area contributed by atoms with E-state index in [1.807, 2.05) is 296 Å². The van der Waals surface area contributed by atoms with E-state index in [1.54, 1.807) is 19.2 Å². The Morgan fingerprint density at radius 2 is 0.557 bits per heavy atom. The summed E-state index contributed by atoms with van der Waals surface area (Å²) in [6.07, 6.45) is 6.82. The molecule has 5 atom stereocenters. The summed E-state index contributed by atoms with van der Waals surface area (Å²) in [5.41, 5.74) is 29.2. The number of aliphatic imine (C=N–C) groups is 5. The van der Waals surface area contributed by atoms with Crippen LogP contribution in [0.15, 0.2) is 284 Å². The van der Waals surface area contributed by atoms with E-state index in [1.165, 1.54) is 5.56 Å². The summed E-state index contributed by atoms with van der Waals surface area (Å²) < 4.78 is 34.0. The first-order chi connectivity index (χ1) is 70.8. The lowest BCUT2D eigenvalue weighted by Crippen LogP contribution is -2.22. The number of aryl methyl sites for hydroxylation is 7. The van der Waals surface area contributed by atoms with Crippen molar-refractivity contribution in [2.45, 2.75) is 215 Å². The maximum Gasteiger partial charge on any atom is 0.187 e. The zero-order valence-corrected chi connectivity index (χ0v) is 89.6. The second-order valence-electron chi connectivity index (χ2n) is 43.6. The average Bonchev–Trinajstić information content (AvgIpc) is 1.63. The molecule has 5 aliphatic rings. The van der Waals surface area contributed by atoms with Crippen molar-refractivity contribution in [3.8, 4) is 73.7 Å². The Morgan fingerprint density at radius 3 is 0.832 bits per heavy atom. The number of hydrogen-bond acceptors (Lipinski definition) is 21. The molecule has 10 heterocycles. The van der Waals surface area contributed by atoms with Crippen LogP contribution in [0.5, 0.6) is 5.75 Å². The molecule has 20 rings (SSSR count). The van der Waals surface area contributed by atoms with Crippen molar-refractivity contribution in [1.82, 2.24) is 25.8 Å². The number of halogens is 1. The van der Waals surface area contributed by atoms with Crippen molar-refractivity contribution in [2.75, 3.05) is 7.11 Å². The van der Waals surface area contributed by atoms with Gasteiger partial charge in [0.25, 0.3) is 0 Å². The number of rotatable bonds is 16. The second-order valence-corrected chi connectivity index (χ2v) is 44.0. The van der Waals surface area contributed by atoms with Gasteiger partial charge in [-0.25, -0.2) is 4.85 Å². The number of carbonyl (C=O) groups excluding carboxylic acids is 5. The lowest BCUT2D eigenvalue weighted by Gasteiger charge is -2.19. The molecule has 15 aromatic rings. The Kier molecular flexibility index (Phi) is 30.7. The minimum atomic E-state index is -0.471. The lowest BCUT2D eigenvalue weighted by molar-refractivity contribution is -0.127. The fraction of sp³-hybridized carbons (Fsp3) is 0.302. The number of aromatic nitrogens is 5. The number of terminal acetylenes is 1. The van der Waals surface area contributed by atoms with Gasteiger partial charge in [0, 0.05) is 120 Å². The van der Waals surface area contributed by atoms with Crippen molar-refractivity contribution in [2.24, 2.45) is 52.0 Å². The van der Waals surface area contributed by atoms with Gasteiger partial charge in [0.2, 0.25) is 0 Å². The highest BCUT2D eigenvalue weighted by Gasteiger charge is 2.42. The molecule has 22 nitrogen and oxygen atoms in total. The Hall–Kier alpha value is -15.9. The van der Waals surface area contributed by atoms with E-state index >= 15 is 0 Å². The third kappa shape index (κ3) is 22.8. The minimum absolute atomic E-state index is 0.116. The fourth-order valence-corrected chi connectivity index (χ4v) is 18.8. The van der Waals surface area contributed by atoms with E-state index in [2.05, 4.69) is 117 Å². The number of ether oxygens (including phenoxy) is 1. The van der Waals surface area contributed by atoms with Crippen LogP contribution in [0.25, 0.3) is 60.5 Å². The summed E-state index contributed by atoms with van der Waals surface area (Å²) in [6, 6.07) is 75.5. The first-order valence-corrected chi connectivity index (χ1v) is 50.6. The number of benzene rings is 10. The van der Waals surface area contributed by atoms with Crippen LogP contribution in [0.4, 0.5) is 5.69 Å². The van der Waals surface area contributed by atoms with Crippen LogP contribution in [0.1, 0.15) is 296 Å². The smallest absolute Gasteiger partial charge is 0.187 e. The zero-order valence-electron chi connectivity index (χ0n) is 88.8. The van der Waals surface area contributed by atoms with Crippen molar-refractivity contribution in [3.05, 3.63) is 383 Å². The molecule has 0 aliphatic carbocycles. The molecule has 0 unspecified atom stereocenters. The third-order valence-electron chi connectivity index (χ3n) is 27.4. The Morgan fingerprint density at radius 1 is 0.315 bits per heavy atom. The standard InChI is InChI=1S/C26H24N2O2.C25H25ClN2O2.C25H23N3O2.C25H26N2O3.C25H26N2O2/c1-6-17-11-13-18(14-12-17)24-20-10-8-7-9-19(20)23-16(2)28-30-25(23)21(27-24)15-22(29)26(3,4)5;1-14-7-6-8-18-21(14)23(16-9-11-17(26)12-10-16)27-19(13-20(29)25(3,4)5)24-22(18)15(2)28-30-24;1-15-22-18-8-6-7-9-19(18)23(16-10-12-17(26-5)13-11-16)27-20(24(22)30-28-15)14-21(29)25(2,3)4;1-15-22-18-8-6-7-9-19(18)23(16-10-12-17(29-5)13-11-16)26-20(24(22)30-27-15)14-21(28)25(2,3)4;1-15-10-12-17(13-11-15)23-19-9-7-6-8-18(19)22-16(2)27-29-24(22)20(26-23)14-21(28)25(3,4)5/h1,7-14,21H,15H2,2-5H3;6-12,19H,13H2,1-5H3;6-13,20H,14H2,1-4H3;6-13,20H,14H2,1-5H3;6-13,20H,14H2,1-5H3/t21-;19-;3*20-/m00000/s1. The molecule has 756 valence electrons. The van der Waals surface area contributed by atoms with E-state index in [0.717, 1.165) is 185 Å². The van der Waals surface area contributed by atoms with Crippen LogP contribution in [-0.2, 0) is 24.0 Å². The number of carbonyl (C=O) groups is 5. The van der Waals surface area contributed by atoms with E-state index < -0.39 is 57.3 Å². The number of nitrogens with zero attached hydrogens (tertiary/aromatic N) is 11. The Labute approximate surface area is 876 Å². The molecule has 5 aromatic heterocycles. The lowest BCUT2D eigenvalue weighted by atomic mass is 9.86. The molecule has 0 radical (unpaired) electrons. The van der Waals surface area contributed by atoms with Crippen molar-refractivity contribution in [1.29, 1.82) is 0 Å². The van der Waals surface area contributed by atoms with Gasteiger partial charge in [-0.3, -0.25) is 48.9 Å². The number of fused-ring (bicyclic) bond motifs is 15. The quantitative estimate of drug-likeness (QED) is 0.0641. The van der Waals surface area contributed by atoms with Gasteiger partial charge >= 0.3 is 0 Å². The van der Waals surface area contributed by atoms with Gasteiger partial charge in [0.05, 0.1) is 98.5 Å². The van der Waals surface area contributed by atoms with Gasteiger partial charge in [-0.05, 0) is 136 Å². The molecule has 0 saturated carbocycles. The largest absolute Gasteiger partial charge is 0.497 e. The van der Waals surface area contributed by atoms with Crippen LogP contribution >= 0.6 is 11.6 Å². The number of hydrogen-bond donors (Lipinski definition) is 0. The van der Waals surface area contributed by atoms with E-state index in [0.29, 0.717) is 39.5 Å². The van der Waals surface area contributed by atoms with Gasteiger partial charge in [0.1, 0.15) is 64.9 Å². The maximum atomic E-state index is 12.9. The predicted molar refractivity (Wildman–Crippen MR) is 588 cm³/mol. The molecule has 0 bridgehead atoms. The maximum absolute atomic E-state index is 12.9. The normalized spacial score (nSPS) is 15.6. The molecule has 23 heteroatoms. The van der Waals surface area contributed by atoms with Gasteiger partial charge in [-0.15, -0.1) is 6.42 Å². The van der Waals surface area contributed by atoms with Gasteiger partial charge in [-0.2, -0.15) is 0 Å². The summed E-state index contributed by atoms with van der Waals surface area (Å²) in [7, 11) is 1.65. The molecule has 0 spiro atoms. The van der Waals surface area contributed by atoms with E-state index in [-0.39, 0.29) is 61.0 Å². The average molecular weight is 2000 g/mol. The summed E-state index contributed by atoms with van der Waals surface area (Å²) in [5.74, 6) is 7.36. The molecule has 149 heavy (non-hydrogen) atoms. The summed E-state index contributed by atoms with van der Waals surface area (Å²) >= 11 is 6.13. The van der Waals surface area contributed by atoms with E-state index in [9.17, 15) is 24.0 Å². The first-order valence-electron chi connectivity index (χ1n) is 50.2. The summed E-state index contributed by atoms with van der Waals surface area (Å²) in [6.45, 7) is 50.0. The summed E-state index contributed by atoms with van der Waals surface area (Å²) in [4.78, 5) is 93.4. The monoisotopic (exact) mass is 2000 g/mol. The van der Waals surface area contributed by atoms with Crippen LogP contribution < -0.4 is 4.74 Å². The molecule has 10 aromatic carbocycles. The molecule has 0 amide bonds. The van der Waals surface area contributed by atoms with Crippen LogP contribution in [-0.4, -0.2) is 90.4 Å². The molecular formula is C126H124ClN11O11. The van der Waals surface area contributed by atoms with Crippen molar-refractivity contribution in [3.63, 3.8) is 0 Å². The highest BCUT2D eigenvalue weighted by Crippen LogP contribution is 2.50. The molecular weight excluding hydrogens is 1880 g/mol. The topological polar surface area (TPSA) is 291 Å². The molecule has 0 N–H and O–H groups in total. The van der Waals surface area contributed by atoms with Gasteiger partial charge in [-0.1, -0.05) is 341 Å². The Bertz CT molecular complexity index is 7710. The predicted octanol–water partition coefficient (Wildman–Crippen LogP) is 29.5. The zero-order chi connectivity index (χ0) is 107. The molecule has 5 aliphatic heterocycles. The van der Waals surface area contributed by atoms with E-state index in [4.69, 9.17) is 76.9 Å². The number of ketones is 5. The Balaban J connectivity index is 0.000000133. The fourth-order valence-electron chi connectivity index (χ4n) is 18.7. The van der Waals surface area contributed by atoms with Crippen molar-refractivity contribution >= 4 is 74.8 Å². The summed E-state index contributed by atoms with van der Waals surface area (Å²) in [5, 5.41) is 21.7. The second kappa shape index (κ2) is 43.3. The molecule has 0 fully saturated rings. The highest BCUT2D eigenvalue weighted by atomic mass is 35.5. The van der Waals surface area contributed by atoms with Gasteiger partial charge in [0.15, 0.2) is 34.5 Å². The van der Waals surface area contributed by atoms with Crippen LogP contribution in [0.3, 0.4) is 0 Å². The number of Topliss-reactive ketones (excluding diaryl/α,β-unsaturated/α-hetero) is 5. The number of methoxy groups -OCH3 is 1. The van der Waals surface area contributed by atoms with Crippen LogP contribution in [0.2, 0.25) is 5.02 Å².